The van der Waals surface area contributed by atoms with Crippen LogP contribution in [-0.4, -0.2) is 52.5 Å². The summed E-state index contributed by atoms with van der Waals surface area (Å²) in [5.41, 5.74) is 3.25. The fourth-order valence-corrected chi connectivity index (χ4v) is 6.07. The Bertz CT molecular complexity index is 909. The first-order valence-electron chi connectivity index (χ1n) is 8.92. The summed E-state index contributed by atoms with van der Waals surface area (Å²) in [5, 5.41) is 19.5. The van der Waals surface area contributed by atoms with E-state index in [-0.39, 0.29) is 12.1 Å². The molecule has 6 rings (SSSR count). The molecule has 3 heterocycles. The lowest BCUT2D eigenvalue weighted by atomic mass is 9.49. The van der Waals surface area contributed by atoms with Gasteiger partial charge in [0.15, 0.2) is 17.6 Å². The van der Waals surface area contributed by atoms with Crippen LogP contribution in [0.25, 0.3) is 0 Å². The molecule has 0 saturated carbocycles. The summed E-state index contributed by atoms with van der Waals surface area (Å²) in [5.74, 6) is 1.57. The van der Waals surface area contributed by atoms with Crippen molar-refractivity contribution in [1.82, 2.24) is 15.1 Å². The van der Waals surface area contributed by atoms with Crippen LogP contribution >= 0.6 is 0 Å². The number of hydrogen-bond donors (Lipinski definition) is 2. The molecule has 0 radical (unpaired) electrons. The van der Waals surface area contributed by atoms with Gasteiger partial charge in [-0.2, -0.15) is 5.10 Å². The predicted octanol–water partition coefficient (Wildman–Crippen LogP) is 1.34. The van der Waals surface area contributed by atoms with Crippen molar-refractivity contribution in [2.75, 3.05) is 20.7 Å². The van der Waals surface area contributed by atoms with Crippen LogP contribution in [0.3, 0.4) is 0 Å². The van der Waals surface area contributed by atoms with E-state index in [1.165, 1.54) is 11.1 Å². The maximum atomic E-state index is 12.1. The number of likely N-dealkylation sites (tertiary alicyclic amines) is 1. The van der Waals surface area contributed by atoms with Gasteiger partial charge in [-0.3, -0.25) is 5.10 Å². The molecule has 25 heavy (non-hydrogen) atoms. The first-order valence-corrected chi connectivity index (χ1v) is 8.92. The van der Waals surface area contributed by atoms with E-state index in [4.69, 9.17) is 9.47 Å². The molecule has 4 atom stereocenters. The second-order valence-electron chi connectivity index (χ2n) is 7.96. The zero-order valence-electron chi connectivity index (χ0n) is 14.4. The van der Waals surface area contributed by atoms with Gasteiger partial charge in [0.25, 0.3) is 0 Å². The van der Waals surface area contributed by atoms with Crippen molar-refractivity contribution >= 4 is 0 Å². The SMILES string of the molecule is COc1ccc2c3c1O[C@H]1c4[nH]ncc4C[C@@]4(O)[C@@H](C2)N(C)CC[C@]314. The average Bonchev–Trinajstić information content (AvgIpc) is 3.18. The Kier molecular flexibility index (Phi) is 2.37. The molecule has 1 aromatic carbocycles. The minimum absolute atomic E-state index is 0.0854. The van der Waals surface area contributed by atoms with Crippen molar-refractivity contribution in [3.63, 3.8) is 0 Å². The maximum Gasteiger partial charge on any atom is 0.166 e. The van der Waals surface area contributed by atoms with Crippen LogP contribution in [0.4, 0.5) is 0 Å². The standard InChI is InChI=1S/C19H21N3O3/c1-22-6-5-18-14-10-3-4-12(24-2)16(14)25-17(18)15-11(9-20-21-15)8-19(18,23)13(22)7-10/h3-4,9,13,17,23H,5-8H2,1-2H3,(H,20,21)/t13-,17+,18+,19-/m1/s1. The lowest BCUT2D eigenvalue weighted by Gasteiger charge is -2.62. The molecule has 1 saturated heterocycles. The second kappa shape index (κ2) is 4.19. The van der Waals surface area contributed by atoms with E-state index in [2.05, 4.69) is 28.2 Å². The summed E-state index contributed by atoms with van der Waals surface area (Å²) in [7, 11) is 3.80. The molecule has 2 aliphatic carbocycles. The van der Waals surface area contributed by atoms with Crippen molar-refractivity contribution in [2.45, 2.75) is 42.4 Å². The zero-order chi connectivity index (χ0) is 17.0. The third-order valence-electron chi connectivity index (χ3n) is 7.16. The quantitative estimate of drug-likeness (QED) is 0.820. The monoisotopic (exact) mass is 339 g/mol. The van der Waals surface area contributed by atoms with E-state index < -0.39 is 11.0 Å². The number of benzene rings is 1. The lowest BCUT2D eigenvalue weighted by molar-refractivity contribution is -0.167. The van der Waals surface area contributed by atoms with Gasteiger partial charge in [0.05, 0.1) is 30.0 Å². The zero-order valence-corrected chi connectivity index (χ0v) is 14.4. The van der Waals surface area contributed by atoms with E-state index in [1.807, 2.05) is 12.3 Å². The number of aromatic amines is 1. The summed E-state index contributed by atoms with van der Waals surface area (Å²) in [6, 6.07) is 4.23. The molecule has 130 valence electrons. The molecule has 1 fully saturated rings. The third-order valence-corrected chi connectivity index (χ3v) is 7.16. The molecule has 4 aliphatic rings. The molecule has 2 bridgehead atoms. The van der Waals surface area contributed by atoms with Gasteiger partial charge in [-0.15, -0.1) is 0 Å². The van der Waals surface area contributed by atoms with Gasteiger partial charge in [0.1, 0.15) is 0 Å². The average molecular weight is 339 g/mol. The number of ether oxygens (including phenoxy) is 2. The number of aromatic nitrogens is 2. The summed E-state index contributed by atoms with van der Waals surface area (Å²) in [4.78, 5) is 2.32. The fraction of sp³-hybridized carbons (Fsp3) is 0.526. The Morgan fingerprint density at radius 1 is 1.40 bits per heavy atom. The number of H-pyrrole nitrogens is 1. The normalized spacial score (nSPS) is 37.2. The Morgan fingerprint density at radius 2 is 2.28 bits per heavy atom. The number of nitrogens with zero attached hydrogens (tertiary/aromatic N) is 2. The molecular formula is C19H21N3O3. The summed E-state index contributed by atoms with van der Waals surface area (Å²) in [6.45, 7) is 0.951. The molecule has 1 aromatic heterocycles. The van der Waals surface area contributed by atoms with Crippen LogP contribution in [0.1, 0.15) is 34.9 Å². The molecule has 0 unspecified atom stereocenters. The third kappa shape index (κ3) is 1.33. The minimum atomic E-state index is -0.855. The number of likely N-dealkylation sites (N-methyl/N-ethyl adjacent to an activating group) is 1. The van der Waals surface area contributed by atoms with Crippen LogP contribution in [0.2, 0.25) is 0 Å². The lowest BCUT2D eigenvalue weighted by Crippen LogP contribution is -2.73. The van der Waals surface area contributed by atoms with Crippen LogP contribution in [0.5, 0.6) is 11.5 Å². The second-order valence-corrected chi connectivity index (χ2v) is 7.96. The molecular weight excluding hydrogens is 318 g/mol. The Morgan fingerprint density at radius 3 is 3.12 bits per heavy atom. The molecule has 0 amide bonds. The summed E-state index contributed by atoms with van der Waals surface area (Å²) < 4.78 is 12.1. The van der Waals surface area contributed by atoms with E-state index in [0.29, 0.717) is 6.42 Å². The topological polar surface area (TPSA) is 70.6 Å². The smallest absolute Gasteiger partial charge is 0.166 e. The number of fused-ring (bicyclic) bond motifs is 2. The Hall–Kier alpha value is -2.05. The molecule has 1 spiro atoms. The van der Waals surface area contributed by atoms with Crippen LogP contribution in [0, 0.1) is 0 Å². The number of nitrogens with one attached hydrogen (secondary N) is 1. The number of piperidine rings is 1. The molecule has 2 aromatic rings. The number of aliphatic hydroxyl groups is 1. The Labute approximate surface area is 145 Å². The van der Waals surface area contributed by atoms with E-state index in [9.17, 15) is 5.11 Å². The van der Waals surface area contributed by atoms with Crippen LogP contribution in [0.15, 0.2) is 18.3 Å². The van der Waals surface area contributed by atoms with Crippen molar-refractivity contribution < 1.29 is 14.6 Å². The van der Waals surface area contributed by atoms with Crippen LogP contribution < -0.4 is 9.47 Å². The highest BCUT2D eigenvalue weighted by Gasteiger charge is 2.72. The van der Waals surface area contributed by atoms with Gasteiger partial charge in [0.2, 0.25) is 0 Å². The van der Waals surface area contributed by atoms with Gasteiger partial charge in [-0.05, 0) is 43.6 Å². The van der Waals surface area contributed by atoms with Gasteiger partial charge in [0, 0.05) is 18.0 Å². The number of hydrogen-bond acceptors (Lipinski definition) is 5. The van der Waals surface area contributed by atoms with Crippen LogP contribution in [-0.2, 0) is 18.3 Å². The predicted molar refractivity (Wildman–Crippen MR) is 90.0 cm³/mol. The fourth-order valence-electron chi connectivity index (χ4n) is 6.07. The highest BCUT2D eigenvalue weighted by molar-refractivity contribution is 5.64. The van der Waals surface area contributed by atoms with Crippen molar-refractivity contribution in [1.29, 1.82) is 0 Å². The minimum Gasteiger partial charge on any atom is -0.493 e. The van der Waals surface area contributed by atoms with Gasteiger partial charge < -0.3 is 19.5 Å². The molecule has 6 heteroatoms. The summed E-state index contributed by atoms with van der Waals surface area (Å²) in [6.07, 6.45) is 3.93. The van der Waals surface area contributed by atoms with Gasteiger partial charge in [-0.25, -0.2) is 0 Å². The van der Waals surface area contributed by atoms with E-state index in [1.54, 1.807) is 7.11 Å². The van der Waals surface area contributed by atoms with Crippen molar-refractivity contribution in [2.24, 2.45) is 0 Å². The van der Waals surface area contributed by atoms with Gasteiger partial charge in [-0.1, -0.05) is 6.07 Å². The largest absolute Gasteiger partial charge is 0.493 e. The summed E-state index contributed by atoms with van der Waals surface area (Å²) >= 11 is 0. The highest BCUT2D eigenvalue weighted by atomic mass is 16.5. The Balaban J connectivity index is 1.73. The molecule has 2 N–H and O–H groups in total. The highest BCUT2D eigenvalue weighted by Crippen LogP contribution is 2.68. The first kappa shape index (κ1) is 14.2. The van der Waals surface area contributed by atoms with Crippen molar-refractivity contribution in [3.8, 4) is 11.5 Å². The van der Waals surface area contributed by atoms with Crippen molar-refractivity contribution in [3.05, 3.63) is 40.7 Å². The van der Waals surface area contributed by atoms with Gasteiger partial charge >= 0.3 is 0 Å². The van der Waals surface area contributed by atoms with E-state index in [0.717, 1.165) is 42.1 Å². The number of rotatable bonds is 1. The number of methoxy groups -OCH3 is 1. The molecule has 2 aliphatic heterocycles. The van der Waals surface area contributed by atoms with E-state index >= 15 is 0 Å². The maximum absolute atomic E-state index is 12.1. The molecule has 6 nitrogen and oxygen atoms in total. The first-order chi connectivity index (χ1) is 12.1.